The van der Waals surface area contributed by atoms with Gasteiger partial charge in [-0.15, -0.1) is 0 Å². The minimum absolute atomic E-state index is 0.147. The third-order valence-electron chi connectivity index (χ3n) is 4.07. The average Bonchev–Trinajstić information content (AvgIpc) is 2.57. The van der Waals surface area contributed by atoms with Crippen molar-refractivity contribution in [3.63, 3.8) is 0 Å². The summed E-state index contributed by atoms with van der Waals surface area (Å²) in [4.78, 5) is 11.3. The maximum atomic E-state index is 11.3. The second-order valence-electron chi connectivity index (χ2n) is 5.32. The first-order chi connectivity index (χ1) is 6.49. The molecule has 0 saturated heterocycles. The van der Waals surface area contributed by atoms with Crippen molar-refractivity contribution in [3.05, 3.63) is 12.7 Å². The highest BCUT2D eigenvalue weighted by atomic mass is 16.6. The molecule has 0 aromatic carbocycles. The minimum atomic E-state index is -0.263. The van der Waals surface area contributed by atoms with E-state index in [2.05, 4.69) is 20.4 Å². The minimum Gasteiger partial charge on any atom is -0.455 e. The quantitative estimate of drug-likeness (QED) is 0.499. The zero-order valence-corrected chi connectivity index (χ0v) is 9.01. The Morgan fingerprint density at radius 3 is 2.64 bits per heavy atom. The predicted octanol–water partition coefficient (Wildman–Crippen LogP) is 2.68. The Labute approximate surface area is 85.3 Å². The molecule has 2 unspecified atom stereocenters. The summed E-state index contributed by atoms with van der Waals surface area (Å²) in [5.41, 5.74) is -0.0441. The van der Waals surface area contributed by atoms with Gasteiger partial charge in [0.1, 0.15) is 5.60 Å². The lowest BCUT2D eigenvalue weighted by atomic mass is 9.73. The van der Waals surface area contributed by atoms with Crippen molar-refractivity contribution in [2.24, 2.45) is 11.3 Å². The lowest BCUT2D eigenvalue weighted by Crippen LogP contribution is -2.43. The molecule has 2 rings (SSSR count). The van der Waals surface area contributed by atoms with Gasteiger partial charge >= 0.3 is 5.97 Å². The van der Waals surface area contributed by atoms with Crippen LogP contribution in [0.25, 0.3) is 0 Å². The van der Waals surface area contributed by atoms with Crippen LogP contribution in [-0.4, -0.2) is 11.6 Å². The zero-order valence-electron chi connectivity index (χ0n) is 9.01. The Bertz CT molecular complexity index is 280. The fourth-order valence-corrected chi connectivity index (χ4v) is 3.27. The highest BCUT2D eigenvalue weighted by Crippen LogP contribution is 2.60. The van der Waals surface area contributed by atoms with Gasteiger partial charge in [0.2, 0.25) is 0 Å². The maximum Gasteiger partial charge on any atom is 0.330 e. The number of hydrogen-bond donors (Lipinski definition) is 0. The Morgan fingerprint density at radius 1 is 1.50 bits per heavy atom. The summed E-state index contributed by atoms with van der Waals surface area (Å²) >= 11 is 0. The van der Waals surface area contributed by atoms with Gasteiger partial charge in [-0.1, -0.05) is 20.4 Å². The molecule has 2 aliphatic rings. The number of carbonyl (C=O) groups excluding carboxylic acids is 1. The Morgan fingerprint density at radius 2 is 2.21 bits per heavy atom. The van der Waals surface area contributed by atoms with E-state index in [0.29, 0.717) is 0 Å². The number of ether oxygens (including phenoxy) is 1. The van der Waals surface area contributed by atoms with Crippen molar-refractivity contribution >= 4 is 5.97 Å². The van der Waals surface area contributed by atoms with Crippen molar-refractivity contribution in [2.45, 2.75) is 45.1 Å². The molecule has 0 aromatic rings. The Balaban J connectivity index is 2.21. The van der Waals surface area contributed by atoms with Crippen molar-refractivity contribution in [1.82, 2.24) is 0 Å². The molecule has 2 heteroatoms. The average molecular weight is 194 g/mol. The molecular weight excluding hydrogens is 176 g/mol. The Hall–Kier alpha value is -0.790. The molecule has 2 bridgehead atoms. The Kier molecular flexibility index (Phi) is 1.98. The molecular formula is C12H18O2. The van der Waals surface area contributed by atoms with Crippen LogP contribution in [-0.2, 0) is 9.53 Å². The van der Waals surface area contributed by atoms with Gasteiger partial charge in [-0.05, 0) is 31.6 Å². The van der Waals surface area contributed by atoms with Gasteiger partial charge in [-0.3, -0.25) is 0 Å². The van der Waals surface area contributed by atoms with Gasteiger partial charge in [0.15, 0.2) is 0 Å². The van der Waals surface area contributed by atoms with Gasteiger partial charge in [0.05, 0.1) is 0 Å². The van der Waals surface area contributed by atoms with Crippen molar-refractivity contribution < 1.29 is 9.53 Å². The molecule has 0 heterocycles. The summed E-state index contributed by atoms with van der Waals surface area (Å²) in [6, 6.07) is 0. The highest BCUT2D eigenvalue weighted by molar-refractivity contribution is 5.81. The summed E-state index contributed by atoms with van der Waals surface area (Å²) in [6.45, 7) is 7.88. The fourth-order valence-electron chi connectivity index (χ4n) is 3.27. The van der Waals surface area contributed by atoms with E-state index in [-0.39, 0.29) is 17.0 Å². The van der Waals surface area contributed by atoms with Crippen LogP contribution in [0.3, 0.4) is 0 Å². The monoisotopic (exact) mass is 194 g/mol. The SMILES string of the molecule is C=CC(=O)OC12CCC(CC1(C)C)C2. The van der Waals surface area contributed by atoms with Gasteiger partial charge < -0.3 is 4.74 Å². The molecule has 14 heavy (non-hydrogen) atoms. The van der Waals surface area contributed by atoms with E-state index in [4.69, 9.17) is 4.74 Å². The smallest absolute Gasteiger partial charge is 0.330 e. The highest BCUT2D eigenvalue weighted by Gasteiger charge is 2.59. The van der Waals surface area contributed by atoms with Crippen LogP contribution < -0.4 is 0 Å². The third-order valence-corrected chi connectivity index (χ3v) is 4.07. The lowest BCUT2D eigenvalue weighted by molar-refractivity contribution is -0.164. The molecule has 0 spiro atoms. The molecule has 0 N–H and O–H groups in total. The molecule has 2 saturated carbocycles. The summed E-state index contributed by atoms with van der Waals surface area (Å²) in [5, 5.41) is 0. The van der Waals surface area contributed by atoms with Crippen molar-refractivity contribution in [1.29, 1.82) is 0 Å². The maximum absolute atomic E-state index is 11.3. The summed E-state index contributed by atoms with van der Waals surface area (Å²) in [5.74, 6) is 0.503. The van der Waals surface area contributed by atoms with E-state index in [1.165, 1.54) is 18.9 Å². The van der Waals surface area contributed by atoms with Crippen molar-refractivity contribution in [3.8, 4) is 0 Å². The molecule has 2 aliphatic carbocycles. The molecule has 0 amide bonds. The molecule has 78 valence electrons. The largest absolute Gasteiger partial charge is 0.455 e. The van der Waals surface area contributed by atoms with Crippen LogP contribution >= 0.6 is 0 Å². The standard InChI is InChI=1S/C12H18O2/c1-4-10(13)14-12-6-5-9(8-12)7-11(12,2)3/h4,9H,1,5-8H2,2-3H3. The first-order valence-corrected chi connectivity index (χ1v) is 5.34. The topological polar surface area (TPSA) is 26.3 Å². The van der Waals surface area contributed by atoms with E-state index in [1.54, 1.807) is 0 Å². The predicted molar refractivity (Wildman–Crippen MR) is 54.8 cm³/mol. The van der Waals surface area contributed by atoms with Crippen LogP contribution in [0.5, 0.6) is 0 Å². The van der Waals surface area contributed by atoms with Gasteiger partial charge in [0, 0.05) is 11.5 Å². The molecule has 0 aliphatic heterocycles. The van der Waals surface area contributed by atoms with E-state index in [1.807, 2.05) is 0 Å². The second-order valence-corrected chi connectivity index (χ2v) is 5.32. The van der Waals surface area contributed by atoms with Crippen LogP contribution in [0.1, 0.15) is 39.5 Å². The number of carbonyl (C=O) groups is 1. The van der Waals surface area contributed by atoms with Crippen LogP contribution in [0.15, 0.2) is 12.7 Å². The van der Waals surface area contributed by atoms with Crippen LogP contribution in [0.2, 0.25) is 0 Å². The zero-order chi connectivity index (χ0) is 10.4. The van der Waals surface area contributed by atoms with E-state index in [9.17, 15) is 4.79 Å². The van der Waals surface area contributed by atoms with Gasteiger partial charge in [0.25, 0.3) is 0 Å². The van der Waals surface area contributed by atoms with E-state index < -0.39 is 0 Å². The fraction of sp³-hybridized carbons (Fsp3) is 0.750. The summed E-state index contributed by atoms with van der Waals surface area (Å²) in [7, 11) is 0. The normalized spacial score (nSPS) is 38.3. The molecule has 2 nitrogen and oxygen atoms in total. The lowest BCUT2D eigenvalue weighted by Gasteiger charge is -2.40. The second kappa shape index (κ2) is 2.85. The van der Waals surface area contributed by atoms with Crippen LogP contribution in [0.4, 0.5) is 0 Å². The molecule has 0 radical (unpaired) electrons. The third kappa shape index (κ3) is 1.20. The van der Waals surface area contributed by atoms with Gasteiger partial charge in [-0.25, -0.2) is 4.79 Å². The van der Waals surface area contributed by atoms with Crippen molar-refractivity contribution in [2.75, 3.05) is 0 Å². The molecule has 2 atom stereocenters. The van der Waals surface area contributed by atoms with Gasteiger partial charge in [-0.2, -0.15) is 0 Å². The molecule has 2 fully saturated rings. The first kappa shape index (κ1) is 9.75. The number of rotatable bonds is 2. The number of hydrogen-bond acceptors (Lipinski definition) is 2. The molecule has 0 aromatic heterocycles. The number of fused-ring (bicyclic) bond motifs is 2. The summed E-state index contributed by atoms with van der Waals surface area (Å²) < 4.78 is 5.60. The summed E-state index contributed by atoms with van der Waals surface area (Å²) in [6.07, 6.45) is 5.77. The van der Waals surface area contributed by atoms with E-state index in [0.717, 1.165) is 18.8 Å². The first-order valence-electron chi connectivity index (χ1n) is 5.34. The number of esters is 1. The van der Waals surface area contributed by atoms with E-state index >= 15 is 0 Å². The van der Waals surface area contributed by atoms with Crippen LogP contribution in [0, 0.1) is 11.3 Å².